The average Bonchev–Trinajstić information content (AvgIpc) is 2.84. The predicted octanol–water partition coefficient (Wildman–Crippen LogP) is 5.32. The van der Waals surface area contributed by atoms with E-state index in [1.807, 2.05) is 42.3 Å². The summed E-state index contributed by atoms with van der Waals surface area (Å²) in [6.45, 7) is 1.90. The number of ether oxygens (including phenoxy) is 1. The third kappa shape index (κ3) is 6.56. The molecule has 0 fully saturated rings. The number of amides is 1. The molecule has 0 spiro atoms. The highest BCUT2D eigenvalue weighted by molar-refractivity contribution is 6.39. The van der Waals surface area contributed by atoms with E-state index in [-0.39, 0.29) is 28.6 Å². The molecule has 3 rings (SSSR count). The number of aromatic nitrogens is 2. The largest absolute Gasteiger partial charge is 0.464 e. The molecule has 2 aromatic carbocycles. The van der Waals surface area contributed by atoms with Crippen molar-refractivity contribution in [3.8, 4) is 0 Å². The van der Waals surface area contributed by atoms with E-state index in [1.54, 1.807) is 49.7 Å². The Morgan fingerprint density at radius 3 is 2.32 bits per heavy atom. The number of hydrogen-bond donors (Lipinski definition) is 1. The molecule has 1 heterocycles. The predicted molar refractivity (Wildman–Crippen MR) is 135 cm³/mol. The van der Waals surface area contributed by atoms with Gasteiger partial charge in [0.15, 0.2) is 0 Å². The molecule has 3 aromatic rings. The maximum atomic E-state index is 12.7. The minimum absolute atomic E-state index is 0.117. The van der Waals surface area contributed by atoms with Gasteiger partial charge in [-0.05, 0) is 49.2 Å². The summed E-state index contributed by atoms with van der Waals surface area (Å²) in [5.74, 6) is -0.487. The van der Waals surface area contributed by atoms with Gasteiger partial charge in [0.25, 0.3) is 5.91 Å². The molecule has 0 saturated heterocycles. The lowest BCUT2D eigenvalue weighted by molar-refractivity contribution is -0.145. The molecular formula is C25H24Cl2N4O3. The first kappa shape index (κ1) is 25.2. The van der Waals surface area contributed by atoms with Crippen molar-refractivity contribution in [1.29, 1.82) is 0 Å². The highest BCUT2D eigenvalue weighted by Crippen LogP contribution is 2.24. The highest BCUT2D eigenvalue weighted by Gasteiger charge is 2.24. The quantitative estimate of drug-likeness (QED) is 0.402. The van der Waals surface area contributed by atoms with E-state index in [4.69, 9.17) is 27.9 Å². The number of halogens is 2. The lowest BCUT2D eigenvalue weighted by Crippen LogP contribution is -2.41. The van der Waals surface area contributed by atoms with Gasteiger partial charge < -0.3 is 15.0 Å². The second-order valence-corrected chi connectivity index (χ2v) is 8.03. The van der Waals surface area contributed by atoms with E-state index in [0.29, 0.717) is 5.95 Å². The number of hydrogen-bond acceptors (Lipinski definition) is 6. The van der Waals surface area contributed by atoms with Crippen molar-refractivity contribution in [1.82, 2.24) is 15.3 Å². The molecule has 0 aliphatic heterocycles. The number of carbonyl (C=O) groups excluding carboxylic acids is 2. The minimum atomic E-state index is -0.892. The number of carbonyl (C=O) groups is 2. The van der Waals surface area contributed by atoms with Crippen LogP contribution in [0.3, 0.4) is 0 Å². The maximum absolute atomic E-state index is 12.7. The van der Waals surface area contributed by atoms with Gasteiger partial charge in [-0.25, -0.2) is 14.8 Å². The van der Waals surface area contributed by atoms with Crippen molar-refractivity contribution < 1.29 is 14.3 Å². The fourth-order valence-electron chi connectivity index (χ4n) is 3.13. The van der Waals surface area contributed by atoms with Crippen molar-refractivity contribution in [2.45, 2.75) is 19.4 Å². The molecule has 1 aromatic heterocycles. The third-order valence-electron chi connectivity index (χ3n) is 4.88. The van der Waals surface area contributed by atoms with E-state index in [9.17, 15) is 9.59 Å². The van der Waals surface area contributed by atoms with E-state index in [2.05, 4.69) is 15.3 Å². The molecule has 0 saturated carbocycles. The zero-order chi connectivity index (χ0) is 24.5. The van der Waals surface area contributed by atoms with Crippen LogP contribution in [0.2, 0.25) is 10.0 Å². The molecule has 0 aliphatic rings. The van der Waals surface area contributed by atoms with Crippen molar-refractivity contribution in [3.05, 3.63) is 88.2 Å². The van der Waals surface area contributed by atoms with Gasteiger partial charge in [0, 0.05) is 25.1 Å². The van der Waals surface area contributed by atoms with Gasteiger partial charge in [-0.1, -0.05) is 53.6 Å². The molecule has 0 aliphatic carbocycles. The van der Waals surface area contributed by atoms with Crippen LogP contribution in [0, 0.1) is 0 Å². The fourth-order valence-corrected chi connectivity index (χ4v) is 3.70. The molecule has 176 valence electrons. The topological polar surface area (TPSA) is 84.4 Å². The van der Waals surface area contributed by atoms with Gasteiger partial charge in [-0.2, -0.15) is 0 Å². The second-order valence-electron chi connectivity index (χ2n) is 7.21. The first-order valence-corrected chi connectivity index (χ1v) is 11.3. The van der Waals surface area contributed by atoms with Crippen molar-refractivity contribution in [2.75, 3.05) is 18.6 Å². The summed E-state index contributed by atoms with van der Waals surface area (Å²) in [5.41, 5.74) is 1.97. The number of esters is 1. The molecule has 1 amide bonds. The van der Waals surface area contributed by atoms with E-state index in [1.165, 1.54) is 0 Å². The Bertz CT molecular complexity index is 1130. The number of rotatable bonds is 9. The van der Waals surface area contributed by atoms with Crippen LogP contribution >= 0.6 is 23.2 Å². The van der Waals surface area contributed by atoms with Gasteiger partial charge in [-0.15, -0.1) is 0 Å². The Labute approximate surface area is 208 Å². The summed E-state index contributed by atoms with van der Waals surface area (Å²) in [6.07, 6.45) is 7.27. The maximum Gasteiger partial charge on any atom is 0.328 e. The minimum Gasteiger partial charge on any atom is -0.464 e. The van der Waals surface area contributed by atoms with Crippen LogP contribution in [0.1, 0.15) is 29.3 Å². The lowest BCUT2D eigenvalue weighted by atomic mass is 10.1. The molecule has 9 heteroatoms. The molecule has 0 radical (unpaired) electrons. The highest BCUT2D eigenvalue weighted by atomic mass is 35.5. The van der Waals surface area contributed by atoms with Gasteiger partial charge in [0.2, 0.25) is 5.95 Å². The standard InChI is InChI=1S/C25H24Cl2N4O3/c1-3-34-24(33)21(30-23(32)22-19(26)8-5-9-20(22)27)10-4-7-17-11-13-18(14-12-17)31(2)25-28-15-6-16-29-25/h4-9,11-16,21H,3,10H2,1-2H3,(H,30,32). The van der Waals surface area contributed by atoms with Gasteiger partial charge in [-0.3, -0.25) is 4.79 Å². The molecule has 1 atom stereocenters. The number of benzene rings is 2. The summed E-state index contributed by atoms with van der Waals surface area (Å²) in [7, 11) is 1.89. The van der Waals surface area contributed by atoms with E-state index < -0.39 is 17.9 Å². The van der Waals surface area contributed by atoms with Crippen LogP contribution in [0.15, 0.2) is 67.0 Å². The Morgan fingerprint density at radius 2 is 1.71 bits per heavy atom. The lowest BCUT2D eigenvalue weighted by Gasteiger charge is -2.17. The Morgan fingerprint density at radius 1 is 1.06 bits per heavy atom. The first-order chi connectivity index (χ1) is 16.4. The summed E-state index contributed by atoms with van der Waals surface area (Å²) in [4.78, 5) is 35.5. The molecule has 1 unspecified atom stereocenters. The average molecular weight is 499 g/mol. The molecule has 34 heavy (non-hydrogen) atoms. The zero-order valence-electron chi connectivity index (χ0n) is 18.7. The van der Waals surface area contributed by atoms with Crippen LogP contribution in [0.4, 0.5) is 11.6 Å². The monoisotopic (exact) mass is 498 g/mol. The van der Waals surface area contributed by atoms with Crippen LogP contribution in [-0.2, 0) is 9.53 Å². The Kier molecular flexibility index (Phi) is 9.01. The van der Waals surface area contributed by atoms with E-state index in [0.717, 1.165) is 11.3 Å². The number of nitrogens with one attached hydrogen (secondary N) is 1. The van der Waals surface area contributed by atoms with E-state index >= 15 is 0 Å². The molecular weight excluding hydrogens is 475 g/mol. The normalized spacial score (nSPS) is 11.8. The smallest absolute Gasteiger partial charge is 0.328 e. The van der Waals surface area contributed by atoms with Crippen molar-refractivity contribution in [2.24, 2.45) is 0 Å². The SMILES string of the molecule is CCOC(=O)C(CC=Cc1ccc(N(C)c2ncccn2)cc1)NC(=O)c1c(Cl)cccc1Cl. The first-order valence-electron chi connectivity index (χ1n) is 10.6. The third-order valence-corrected chi connectivity index (χ3v) is 5.51. The number of anilines is 2. The summed E-state index contributed by atoms with van der Waals surface area (Å²) < 4.78 is 5.12. The molecule has 7 nitrogen and oxygen atoms in total. The summed E-state index contributed by atoms with van der Waals surface area (Å²) in [5, 5.41) is 3.08. The zero-order valence-corrected chi connectivity index (χ0v) is 20.3. The number of nitrogens with zero attached hydrogens (tertiary/aromatic N) is 3. The van der Waals surface area contributed by atoms with Crippen molar-refractivity contribution >= 4 is 52.8 Å². The van der Waals surface area contributed by atoms with Crippen LogP contribution < -0.4 is 10.2 Å². The molecule has 0 bridgehead atoms. The summed E-state index contributed by atoms with van der Waals surface area (Å²) in [6, 6.07) is 13.4. The molecule has 1 N–H and O–H groups in total. The van der Waals surface area contributed by atoms with Gasteiger partial charge >= 0.3 is 5.97 Å². The van der Waals surface area contributed by atoms with Crippen LogP contribution in [0.25, 0.3) is 6.08 Å². The van der Waals surface area contributed by atoms with Crippen molar-refractivity contribution in [3.63, 3.8) is 0 Å². The van der Waals surface area contributed by atoms with Gasteiger partial charge in [0.1, 0.15) is 6.04 Å². The van der Waals surface area contributed by atoms with Crippen LogP contribution in [0.5, 0.6) is 0 Å². The Hall–Kier alpha value is -3.42. The van der Waals surface area contributed by atoms with Gasteiger partial charge in [0.05, 0.1) is 22.2 Å². The Balaban J connectivity index is 1.68. The fraction of sp³-hybridized carbons (Fsp3) is 0.200. The summed E-state index contributed by atoms with van der Waals surface area (Å²) >= 11 is 12.2. The van der Waals surface area contributed by atoms with Crippen LogP contribution in [-0.4, -0.2) is 41.5 Å². The second kappa shape index (κ2) is 12.2.